The predicted octanol–water partition coefficient (Wildman–Crippen LogP) is 3.24. The molecule has 1 atom stereocenters. The van der Waals surface area contributed by atoms with Crippen LogP contribution in [0, 0.1) is 17.2 Å². The van der Waals surface area contributed by atoms with Crippen LogP contribution in [0.3, 0.4) is 0 Å². The van der Waals surface area contributed by atoms with Crippen LogP contribution in [-0.4, -0.2) is 29.6 Å². The second kappa shape index (κ2) is 7.75. The van der Waals surface area contributed by atoms with Gasteiger partial charge in [0.05, 0.1) is 18.2 Å². The lowest BCUT2D eigenvalue weighted by atomic mass is 9.98. The van der Waals surface area contributed by atoms with Gasteiger partial charge >= 0.3 is 0 Å². The third-order valence-electron chi connectivity index (χ3n) is 4.17. The van der Waals surface area contributed by atoms with Gasteiger partial charge in [-0.05, 0) is 43.1 Å². The summed E-state index contributed by atoms with van der Waals surface area (Å²) in [5.41, 5.74) is 1.94. The number of piperidine rings is 1. The third-order valence-corrected chi connectivity index (χ3v) is 4.17. The number of rotatable bonds is 5. The summed E-state index contributed by atoms with van der Waals surface area (Å²) in [6.07, 6.45) is 4.14. The quantitative estimate of drug-likeness (QED) is 0.851. The molecule has 2 aromatic rings. The van der Waals surface area contributed by atoms with Gasteiger partial charge in [-0.1, -0.05) is 18.2 Å². The molecule has 0 radical (unpaired) electrons. The lowest BCUT2D eigenvalue weighted by Gasteiger charge is -2.32. The third kappa shape index (κ3) is 4.54. The number of pyridine rings is 1. The minimum Gasteiger partial charge on any atom is -0.477 e. The summed E-state index contributed by atoms with van der Waals surface area (Å²) < 4.78 is 5.80. The first-order valence-electron chi connectivity index (χ1n) is 8.09. The SMILES string of the molecule is N#Cc1cccc(CN2CCCC(COc3ccccn3)C2)c1. The van der Waals surface area contributed by atoms with Gasteiger partial charge in [-0.3, -0.25) is 4.90 Å². The van der Waals surface area contributed by atoms with Crippen molar-refractivity contribution in [2.45, 2.75) is 19.4 Å². The summed E-state index contributed by atoms with van der Waals surface area (Å²) in [6.45, 7) is 3.75. The van der Waals surface area contributed by atoms with Crippen molar-refractivity contribution in [2.75, 3.05) is 19.7 Å². The number of benzene rings is 1. The van der Waals surface area contributed by atoms with Crippen molar-refractivity contribution >= 4 is 0 Å². The first-order valence-corrected chi connectivity index (χ1v) is 8.09. The fourth-order valence-electron chi connectivity index (χ4n) is 3.06. The Kier molecular flexibility index (Phi) is 5.23. The van der Waals surface area contributed by atoms with Gasteiger partial charge in [0.25, 0.3) is 0 Å². The number of likely N-dealkylation sites (tertiary alicyclic amines) is 1. The summed E-state index contributed by atoms with van der Waals surface area (Å²) in [4.78, 5) is 6.65. The molecule has 1 aromatic heterocycles. The molecule has 23 heavy (non-hydrogen) atoms. The topological polar surface area (TPSA) is 49.2 Å². The van der Waals surface area contributed by atoms with E-state index in [0.29, 0.717) is 18.4 Å². The second-order valence-corrected chi connectivity index (χ2v) is 6.03. The molecule has 118 valence electrons. The molecule has 3 rings (SSSR count). The van der Waals surface area contributed by atoms with Crippen LogP contribution < -0.4 is 4.74 Å². The second-order valence-electron chi connectivity index (χ2n) is 6.03. The van der Waals surface area contributed by atoms with Gasteiger partial charge in [0.2, 0.25) is 5.88 Å². The maximum atomic E-state index is 9.00. The molecule has 0 aliphatic carbocycles. The molecule has 1 unspecified atom stereocenters. The van der Waals surface area contributed by atoms with Crippen LogP contribution in [0.2, 0.25) is 0 Å². The summed E-state index contributed by atoms with van der Waals surface area (Å²) in [5.74, 6) is 1.23. The lowest BCUT2D eigenvalue weighted by Crippen LogP contribution is -2.37. The molecule has 1 saturated heterocycles. The summed E-state index contributed by atoms with van der Waals surface area (Å²) in [6, 6.07) is 15.8. The van der Waals surface area contributed by atoms with Crippen molar-refractivity contribution in [2.24, 2.45) is 5.92 Å². The Labute approximate surface area is 137 Å². The van der Waals surface area contributed by atoms with E-state index in [1.165, 1.54) is 18.4 Å². The van der Waals surface area contributed by atoms with Gasteiger partial charge < -0.3 is 4.74 Å². The highest BCUT2D eigenvalue weighted by atomic mass is 16.5. The van der Waals surface area contributed by atoms with E-state index in [-0.39, 0.29) is 0 Å². The van der Waals surface area contributed by atoms with Crippen molar-refractivity contribution in [3.8, 4) is 11.9 Å². The summed E-state index contributed by atoms with van der Waals surface area (Å²) in [7, 11) is 0. The summed E-state index contributed by atoms with van der Waals surface area (Å²) in [5, 5.41) is 9.00. The van der Waals surface area contributed by atoms with Crippen molar-refractivity contribution in [1.29, 1.82) is 5.26 Å². The Morgan fingerprint density at radius 3 is 3.04 bits per heavy atom. The van der Waals surface area contributed by atoms with Crippen LogP contribution in [0.25, 0.3) is 0 Å². The van der Waals surface area contributed by atoms with Gasteiger partial charge in [0.1, 0.15) is 0 Å². The Morgan fingerprint density at radius 1 is 1.26 bits per heavy atom. The first-order chi connectivity index (χ1) is 11.3. The van der Waals surface area contributed by atoms with E-state index in [1.54, 1.807) is 6.20 Å². The number of aromatic nitrogens is 1. The number of nitrogens with zero attached hydrogens (tertiary/aromatic N) is 3. The standard InChI is InChI=1S/C19H21N3O/c20-12-16-5-3-6-17(11-16)13-22-10-4-7-18(14-22)15-23-19-8-1-2-9-21-19/h1-3,5-6,8-9,11,18H,4,7,10,13-15H2. The molecule has 0 saturated carbocycles. The highest BCUT2D eigenvalue weighted by Crippen LogP contribution is 2.20. The zero-order valence-electron chi connectivity index (χ0n) is 13.2. The van der Waals surface area contributed by atoms with Crippen LogP contribution >= 0.6 is 0 Å². The van der Waals surface area contributed by atoms with Gasteiger partial charge in [0.15, 0.2) is 0 Å². The van der Waals surface area contributed by atoms with Crippen LogP contribution in [0.5, 0.6) is 5.88 Å². The molecule has 2 heterocycles. The smallest absolute Gasteiger partial charge is 0.213 e. The highest BCUT2D eigenvalue weighted by Gasteiger charge is 2.20. The van der Waals surface area contributed by atoms with Gasteiger partial charge in [-0.25, -0.2) is 4.98 Å². The molecular formula is C19H21N3O. The van der Waals surface area contributed by atoms with E-state index in [0.717, 1.165) is 25.2 Å². The van der Waals surface area contributed by atoms with Crippen LogP contribution in [0.4, 0.5) is 0 Å². The van der Waals surface area contributed by atoms with E-state index in [2.05, 4.69) is 22.0 Å². The van der Waals surface area contributed by atoms with Crippen molar-refractivity contribution in [1.82, 2.24) is 9.88 Å². The average Bonchev–Trinajstić information content (AvgIpc) is 2.61. The fraction of sp³-hybridized carbons (Fsp3) is 0.368. The molecule has 0 amide bonds. The Balaban J connectivity index is 1.52. The zero-order chi connectivity index (χ0) is 15.9. The first kappa shape index (κ1) is 15.5. The van der Waals surface area contributed by atoms with E-state index in [4.69, 9.17) is 10.00 Å². The maximum Gasteiger partial charge on any atom is 0.213 e. The molecule has 0 spiro atoms. The minimum atomic E-state index is 0.532. The largest absolute Gasteiger partial charge is 0.477 e. The van der Waals surface area contributed by atoms with Gasteiger partial charge in [-0.2, -0.15) is 5.26 Å². The molecule has 1 aliphatic heterocycles. The molecule has 4 nitrogen and oxygen atoms in total. The Bertz CT molecular complexity index is 666. The van der Waals surface area contributed by atoms with Crippen molar-refractivity contribution in [3.05, 3.63) is 59.8 Å². The number of nitriles is 1. The fourth-order valence-corrected chi connectivity index (χ4v) is 3.06. The Morgan fingerprint density at radius 2 is 2.22 bits per heavy atom. The monoisotopic (exact) mass is 307 g/mol. The number of hydrogen-bond donors (Lipinski definition) is 0. The predicted molar refractivity (Wildman–Crippen MR) is 88.9 cm³/mol. The maximum absolute atomic E-state index is 9.00. The lowest BCUT2D eigenvalue weighted by molar-refractivity contribution is 0.123. The molecule has 0 N–H and O–H groups in total. The average molecular weight is 307 g/mol. The molecular weight excluding hydrogens is 286 g/mol. The van der Waals surface area contributed by atoms with Crippen LogP contribution in [-0.2, 0) is 6.54 Å². The van der Waals surface area contributed by atoms with E-state index < -0.39 is 0 Å². The normalized spacial score (nSPS) is 18.3. The van der Waals surface area contributed by atoms with E-state index >= 15 is 0 Å². The molecule has 4 heteroatoms. The molecule has 0 bridgehead atoms. The van der Waals surface area contributed by atoms with Crippen LogP contribution in [0.1, 0.15) is 24.0 Å². The number of hydrogen-bond acceptors (Lipinski definition) is 4. The van der Waals surface area contributed by atoms with Crippen molar-refractivity contribution < 1.29 is 4.74 Å². The summed E-state index contributed by atoms with van der Waals surface area (Å²) >= 11 is 0. The number of ether oxygens (including phenoxy) is 1. The van der Waals surface area contributed by atoms with E-state index in [9.17, 15) is 0 Å². The van der Waals surface area contributed by atoms with Gasteiger partial charge in [0, 0.05) is 31.3 Å². The molecule has 1 fully saturated rings. The molecule has 1 aromatic carbocycles. The molecule has 1 aliphatic rings. The zero-order valence-corrected chi connectivity index (χ0v) is 13.2. The van der Waals surface area contributed by atoms with Crippen molar-refractivity contribution in [3.63, 3.8) is 0 Å². The van der Waals surface area contributed by atoms with Crippen LogP contribution in [0.15, 0.2) is 48.7 Å². The minimum absolute atomic E-state index is 0.532. The highest BCUT2D eigenvalue weighted by molar-refractivity contribution is 5.32. The Hall–Kier alpha value is -2.38. The van der Waals surface area contributed by atoms with Gasteiger partial charge in [-0.15, -0.1) is 0 Å². The van der Waals surface area contributed by atoms with E-state index in [1.807, 2.05) is 36.4 Å².